The summed E-state index contributed by atoms with van der Waals surface area (Å²) in [6.07, 6.45) is 1.97. The van der Waals surface area contributed by atoms with Gasteiger partial charge in [0.25, 0.3) is 5.91 Å². The van der Waals surface area contributed by atoms with Crippen LogP contribution in [0.15, 0.2) is 59.5 Å². The zero-order chi connectivity index (χ0) is 17.8. The average molecular weight is 368 g/mol. The number of thioether (sulfide) groups is 1. The van der Waals surface area contributed by atoms with E-state index in [-0.39, 0.29) is 18.2 Å². The van der Waals surface area contributed by atoms with Gasteiger partial charge in [-0.15, -0.1) is 0 Å². The van der Waals surface area contributed by atoms with Gasteiger partial charge in [0, 0.05) is 0 Å². The number of nitrogens with one attached hydrogen (secondary N) is 1. The van der Waals surface area contributed by atoms with Gasteiger partial charge in [-0.25, -0.2) is 0 Å². The number of rotatable bonds is 4. The number of nitrogens with zero attached hydrogens (tertiary/aromatic N) is 1. The molecule has 0 spiro atoms. The van der Waals surface area contributed by atoms with Crippen LogP contribution in [0.25, 0.3) is 6.08 Å². The molecule has 0 radical (unpaired) electrons. The van der Waals surface area contributed by atoms with Crippen LogP contribution in [0, 0.1) is 6.92 Å². The molecule has 1 fully saturated rings. The highest BCUT2D eigenvalue weighted by molar-refractivity contribution is 8.26. The van der Waals surface area contributed by atoms with Crippen LogP contribution in [-0.4, -0.2) is 21.1 Å². The summed E-state index contributed by atoms with van der Waals surface area (Å²) in [5, 5.41) is 1.14. The lowest BCUT2D eigenvalue weighted by molar-refractivity contribution is -0.132. The monoisotopic (exact) mass is 368 g/mol. The minimum atomic E-state index is -0.308. The molecule has 0 bridgehead atoms. The van der Waals surface area contributed by atoms with Crippen LogP contribution in [0.2, 0.25) is 0 Å². The molecule has 2 amide bonds. The number of carbonyl (C=O) groups excluding carboxylic acids is 2. The van der Waals surface area contributed by atoms with Gasteiger partial charge in [-0.2, -0.15) is 5.01 Å². The van der Waals surface area contributed by atoms with Crippen molar-refractivity contribution in [3.8, 4) is 0 Å². The van der Waals surface area contributed by atoms with E-state index in [0.717, 1.165) is 21.7 Å². The summed E-state index contributed by atoms with van der Waals surface area (Å²) in [7, 11) is 0. The molecule has 3 rings (SSSR count). The number of hydrogen-bond acceptors (Lipinski definition) is 4. The fourth-order valence-electron chi connectivity index (χ4n) is 2.32. The molecule has 0 unspecified atom stereocenters. The number of benzene rings is 2. The maximum Gasteiger partial charge on any atom is 0.285 e. The molecule has 6 heteroatoms. The summed E-state index contributed by atoms with van der Waals surface area (Å²) in [5.74, 6) is -0.587. The molecule has 2 aromatic carbocycles. The molecule has 1 heterocycles. The predicted molar refractivity (Wildman–Crippen MR) is 104 cm³/mol. The Hall–Kier alpha value is -2.44. The normalized spacial score (nSPS) is 15.7. The SMILES string of the molecule is Cc1ccc(/C=C2\SC(=S)N(NC(=O)Cc3ccccc3)C2=O)cc1. The average Bonchev–Trinajstić information content (AvgIpc) is 2.85. The minimum absolute atomic E-state index is 0.189. The second kappa shape index (κ2) is 7.63. The Bertz CT molecular complexity index is 845. The van der Waals surface area contributed by atoms with Crippen molar-refractivity contribution in [1.29, 1.82) is 0 Å². The lowest BCUT2D eigenvalue weighted by Gasteiger charge is -2.15. The predicted octanol–water partition coefficient (Wildman–Crippen LogP) is 3.47. The minimum Gasteiger partial charge on any atom is -0.273 e. The van der Waals surface area contributed by atoms with Crippen LogP contribution in [0.3, 0.4) is 0 Å². The van der Waals surface area contributed by atoms with Gasteiger partial charge in [-0.1, -0.05) is 71.9 Å². The van der Waals surface area contributed by atoms with Crippen LogP contribution in [-0.2, 0) is 16.0 Å². The van der Waals surface area contributed by atoms with Gasteiger partial charge in [0.2, 0.25) is 5.91 Å². The molecule has 1 N–H and O–H groups in total. The quantitative estimate of drug-likeness (QED) is 0.663. The third-order valence-corrected chi connectivity index (χ3v) is 4.91. The van der Waals surface area contributed by atoms with Gasteiger partial charge < -0.3 is 0 Å². The maximum absolute atomic E-state index is 12.5. The van der Waals surface area contributed by atoms with Crippen molar-refractivity contribution < 1.29 is 9.59 Å². The van der Waals surface area contributed by atoms with E-state index in [4.69, 9.17) is 12.2 Å². The van der Waals surface area contributed by atoms with E-state index >= 15 is 0 Å². The molecule has 4 nitrogen and oxygen atoms in total. The van der Waals surface area contributed by atoms with Gasteiger partial charge in [0.15, 0.2) is 4.32 Å². The maximum atomic E-state index is 12.5. The van der Waals surface area contributed by atoms with Crippen molar-refractivity contribution in [3.05, 3.63) is 76.2 Å². The van der Waals surface area contributed by atoms with Crippen molar-refractivity contribution in [2.24, 2.45) is 0 Å². The molecular weight excluding hydrogens is 352 g/mol. The molecular formula is C19H16N2O2S2. The van der Waals surface area contributed by atoms with E-state index in [1.54, 1.807) is 6.08 Å². The molecule has 0 atom stereocenters. The Morgan fingerprint density at radius 3 is 2.52 bits per heavy atom. The molecule has 0 aromatic heterocycles. The zero-order valence-corrected chi connectivity index (χ0v) is 15.2. The Morgan fingerprint density at radius 2 is 1.84 bits per heavy atom. The molecule has 0 saturated carbocycles. The second-order valence-corrected chi connectivity index (χ2v) is 7.30. The highest BCUT2D eigenvalue weighted by Gasteiger charge is 2.33. The Balaban J connectivity index is 1.69. The molecule has 126 valence electrons. The molecule has 1 aliphatic heterocycles. The van der Waals surface area contributed by atoms with Crippen LogP contribution in [0.5, 0.6) is 0 Å². The standard InChI is InChI=1S/C19H16N2O2S2/c1-13-7-9-15(10-8-13)11-16-18(23)21(19(24)25-16)20-17(22)12-14-5-3-2-4-6-14/h2-11H,12H2,1H3,(H,20,22)/b16-11-. The summed E-state index contributed by atoms with van der Waals surface area (Å²) in [5.41, 5.74) is 5.54. The first-order valence-corrected chi connectivity index (χ1v) is 8.93. The zero-order valence-electron chi connectivity index (χ0n) is 13.6. The van der Waals surface area contributed by atoms with Gasteiger partial charge in [0.1, 0.15) is 0 Å². The van der Waals surface area contributed by atoms with E-state index in [2.05, 4.69) is 5.43 Å². The number of amides is 2. The highest BCUT2D eigenvalue weighted by Crippen LogP contribution is 2.31. The third-order valence-electron chi connectivity index (χ3n) is 3.61. The van der Waals surface area contributed by atoms with Crippen LogP contribution in [0.4, 0.5) is 0 Å². The lowest BCUT2D eigenvalue weighted by Crippen LogP contribution is -2.45. The molecule has 25 heavy (non-hydrogen) atoms. The topological polar surface area (TPSA) is 49.4 Å². The van der Waals surface area contributed by atoms with E-state index in [1.807, 2.05) is 61.5 Å². The number of hydrogen-bond donors (Lipinski definition) is 1. The molecule has 2 aromatic rings. The first-order valence-electron chi connectivity index (χ1n) is 7.71. The van der Waals surface area contributed by atoms with Crippen LogP contribution < -0.4 is 5.43 Å². The van der Waals surface area contributed by atoms with Crippen molar-refractivity contribution in [1.82, 2.24) is 10.4 Å². The van der Waals surface area contributed by atoms with Gasteiger partial charge in [0.05, 0.1) is 11.3 Å². The first kappa shape index (κ1) is 17.4. The van der Waals surface area contributed by atoms with E-state index in [9.17, 15) is 9.59 Å². The summed E-state index contributed by atoms with van der Waals surface area (Å²) in [6.45, 7) is 2.01. The number of hydrazine groups is 1. The molecule has 1 aliphatic rings. The first-order chi connectivity index (χ1) is 12.0. The summed E-state index contributed by atoms with van der Waals surface area (Å²) >= 11 is 6.41. The second-order valence-electron chi connectivity index (χ2n) is 5.63. The van der Waals surface area contributed by atoms with Gasteiger partial charge in [-0.05, 0) is 36.3 Å². The Labute approximate surface area is 155 Å². The number of aryl methyl sites for hydroxylation is 1. The summed E-state index contributed by atoms with van der Waals surface area (Å²) < 4.78 is 0.324. The van der Waals surface area contributed by atoms with Gasteiger partial charge in [-0.3, -0.25) is 15.0 Å². The Morgan fingerprint density at radius 1 is 1.16 bits per heavy atom. The fraction of sp³-hybridized carbons (Fsp3) is 0.105. The van der Waals surface area contributed by atoms with Crippen LogP contribution >= 0.6 is 24.0 Å². The number of carbonyl (C=O) groups is 2. The third kappa shape index (κ3) is 4.35. The highest BCUT2D eigenvalue weighted by atomic mass is 32.2. The van der Waals surface area contributed by atoms with E-state index in [0.29, 0.717) is 9.23 Å². The lowest BCUT2D eigenvalue weighted by atomic mass is 10.1. The van der Waals surface area contributed by atoms with Crippen molar-refractivity contribution in [2.75, 3.05) is 0 Å². The largest absolute Gasteiger partial charge is 0.285 e. The van der Waals surface area contributed by atoms with Crippen molar-refractivity contribution >= 4 is 46.2 Å². The van der Waals surface area contributed by atoms with Gasteiger partial charge >= 0.3 is 0 Å². The van der Waals surface area contributed by atoms with E-state index in [1.165, 1.54) is 11.8 Å². The summed E-state index contributed by atoms with van der Waals surface area (Å²) in [4.78, 5) is 25.2. The van der Waals surface area contributed by atoms with E-state index < -0.39 is 0 Å². The smallest absolute Gasteiger partial charge is 0.273 e. The van der Waals surface area contributed by atoms with Crippen molar-refractivity contribution in [2.45, 2.75) is 13.3 Å². The van der Waals surface area contributed by atoms with Crippen LogP contribution in [0.1, 0.15) is 16.7 Å². The fourth-order valence-corrected chi connectivity index (χ4v) is 3.50. The summed E-state index contributed by atoms with van der Waals surface area (Å²) in [6, 6.07) is 17.2. The van der Waals surface area contributed by atoms with Crippen molar-refractivity contribution in [3.63, 3.8) is 0 Å². The Kier molecular flexibility index (Phi) is 5.31. The number of thiocarbonyl (C=S) groups is 1. The molecule has 0 aliphatic carbocycles. The molecule has 1 saturated heterocycles.